The van der Waals surface area contributed by atoms with Gasteiger partial charge < -0.3 is 5.32 Å². The Labute approximate surface area is 116 Å². The van der Waals surface area contributed by atoms with Crippen molar-refractivity contribution >= 4 is 27.8 Å². The van der Waals surface area contributed by atoms with E-state index < -0.39 is 0 Å². The van der Waals surface area contributed by atoms with E-state index >= 15 is 0 Å². The molecule has 2 aromatic heterocycles. The molecule has 1 N–H and O–H groups in total. The van der Waals surface area contributed by atoms with E-state index in [9.17, 15) is 0 Å². The van der Waals surface area contributed by atoms with Gasteiger partial charge in [-0.25, -0.2) is 9.97 Å². The maximum atomic E-state index is 4.71. The average Bonchev–Trinajstić information content (AvgIpc) is 2.96. The summed E-state index contributed by atoms with van der Waals surface area (Å²) >= 11 is 3.47. The van der Waals surface area contributed by atoms with E-state index in [1.807, 2.05) is 0 Å². The summed E-state index contributed by atoms with van der Waals surface area (Å²) in [4.78, 5) is 10.6. The molecule has 0 unspecified atom stereocenters. The van der Waals surface area contributed by atoms with E-state index in [0.29, 0.717) is 0 Å². The van der Waals surface area contributed by atoms with Crippen LogP contribution in [0.4, 0.5) is 5.13 Å². The number of hydrogen-bond acceptors (Lipinski definition) is 5. The van der Waals surface area contributed by atoms with Crippen LogP contribution in [0.2, 0.25) is 0 Å². The van der Waals surface area contributed by atoms with Gasteiger partial charge in [0.05, 0.1) is 21.3 Å². The Hall–Kier alpha value is -0.940. The number of aryl methyl sites for hydroxylation is 2. The van der Waals surface area contributed by atoms with Gasteiger partial charge in [-0.2, -0.15) is 0 Å². The minimum atomic E-state index is 0.914. The highest BCUT2D eigenvalue weighted by Gasteiger charge is 2.14. The number of nitrogens with zero attached hydrogens (tertiary/aromatic N) is 2. The van der Waals surface area contributed by atoms with Gasteiger partial charge in [-0.05, 0) is 26.2 Å². The Morgan fingerprint density at radius 1 is 1.22 bits per heavy atom. The van der Waals surface area contributed by atoms with Crippen LogP contribution in [0, 0.1) is 0 Å². The molecule has 5 heteroatoms. The maximum absolute atomic E-state index is 4.71. The summed E-state index contributed by atoms with van der Waals surface area (Å²) in [6.07, 6.45) is 3.20. The van der Waals surface area contributed by atoms with Crippen LogP contribution >= 0.6 is 22.7 Å². The Bertz CT molecular complexity index is 502. The Balaban J connectivity index is 2.29. The molecule has 0 amide bonds. The lowest BCUT2D eigenvalue weighted by Gasteiger charge is -1.95. The van der Waals surface area contributed by atoms with E-state index in [4.69, 9.17) is 4.98 Å². The predicted octanol–water partition coefficient (Wildman–Crippen LogP) is 4.21. The first kappa shape index (κ1) is 13.5. The smallest absolute Gasteiger partial charge is 0.183 e. The van der Waals surface area contributed by atoms with Crippen LogP contribution in [-0.2, 0) is 12.8 Å². The van der Waals surface area contributed by atoms with Crippen molar-refractivity contribution in [3.05, 3.63) is 16.1 Å². The SMILES string of the molecule is CCCc1nc(CC)c(-c2csc(NCC)n2)s1. The highest BCUT2D eigenvalue weighted by atomic mass is 32.1. The zero-order chi connectivity index (χ0) is 13.0. The largest absolute Gasteiger partial charge is 0.362 e. The summed E-state index contributed by atoms with van der Waals surface area (Å²) in [5.41, 5.74) is 2.27. The van der Waals surface area contributed by atoms with E-state index in [2.05, 4.69) is 36.5 Å². The molecule has 2 aromatic rings. The van der Waals surface area contributed by atoms with Crippen molar-refractivity contribution in [2.24, 2.45) is 0 Å². The first-order valence-corrected chi connectivity index (χ1v) is 8.16. The Kier molecular flexibility index (Phi) is 4.72. The number of anilines is 1. The van der Waals surface area contributed by atoms with Gasteiger partial charge in [0.2, 0.25) is 0 Å². The highest BCUT2D eigenvalue weighted by Crippen LogP contribution is 2.33. The molecular formula is C13H19N3S2. The van der Waals surface area contributed by atoms with E-state index in [1.54, 1.807) is 22.7 Å². The van der Waals surface area contributed by atoms with Crippen LogP contribution in [-0.4, -0.2) is 16.5 Å². The molecule has 18 heavy (non-hydrogen) atoms. The second kappa shape index (κ2) is 6.29. The topological polar surface area (TPSA) is 37.8 Å². The van der Waals surface area contributed by atoms with Crippen LogP contribution in [0.25, 0.3) is 10.6 Å². The van der Waals surface area contributed by atoms with Crippen LogP contribution in [0.5, 0.6) is 0 Å². The van der Waals surface area contributed by atoms with Gasteiger partial charge in [-0.3, -0.25) is 0 Å². The molecule has 2 heterocycles. The normalized spacial score (nSPS) is 10.8. The van der Waals surface area contributed by atoms with Gasteiger partial charge in [-0.15, -0.1) is 22.7 Å². The van der Waals surface area contributed by atoms with Gasteiger partial charge in [0.1, 0.15) is 0 Å². The van der Waals surface area contributed by atoms with Gasteiger partial charge in [0, 0.05) is 11.9 Å². The zero-order valence-electron chi connectivity index (χ0n) is 11.1. The van der Waals surface area contributed by atoms with Crippen molar-refractivity contribution in [2.75, 3.05) is 11.9 Å². The minimum Gasteiger partial charge on any atom is -0.362 e. The van der Waals surface area contributed by atoms with Gasteiger partial charge >= 0.3 is 0 Å². The molecule has 0 spiro atoms. The Morgan fingerprint density at radius 2 is 2.06 bits per heavy atom. The second-order valence-corrected chi connectivity index (χ2v) is 6.00. The van der Waals surface area contributed by atoms with Crippen LogP contribution in [0.1, 0.15) is 37.9 Å². The number of hydrogen-bond donors (Lipinski definition) is 1. The molecule has 0 aliphatic heterocycles. The fourth-order valence-electron chi connectivity index (χ4n) is 1.77. The highest BCUT2D eigenvalue weighted by molar-refractivity contribution is 7.16. The molecule has 0 aromatic carbocycles. The lowest BCUT2D eigenvalue weighted by Crippen LogP contribution is -1.95. The van der Waals surface area contributed by atoms with Crippen LogP contribution in [0.15, 0.2) is 5.38 Å². The van der Waals surface area contributed by atoms with E-state index in [-0.39, 0.29) is 0 Å². The number of thiazole rings is 2. The third-order valence-electron chi connectivity index (χ3n) is 2.61. The molecule has 3 nitrogen and oxygen atoms in total. The molecule has 2 rings (SSSR count). The number of rotatable bonds is 6. The molecule has 0 bridgehead atoms. The molecule has 0 saturated carbocycles. The monoisotopic (exact) mass is 281 g/mol. The molecule has 0 aliphatic carbocycles. The standard InChI is InChI=1S/C13H19N3S2/c1-4-7-11-15-9(5-2)12(18-11)10-8-17-13(16-10)14-6-3/h8H,4-7H2,1-3H3,(H,14,16). The van der Waals surface area contributed by atoms with Crippen molar-refractivity contribution in [2.45, 2.75) is 40.0 Å². The zero-order valence-corrected chi connectivity index (χ0v) is 12.7. The molecule has 98 valence electrons. The van der Waals surface area contributed by atoms with Gasteiger partial charge in [0.15, 0.2) is 5.13 Å². The third-order valence-corrected chi connectivity index (χ3v) is 4.59. The lowest BCUT2D eigenvalue weighted by molar-refractivity contribution is 0.894. The fourth-order valence-corrected chi connectivity index (χ4v) is 3.83. The first-order chi connectivity index (χ1) is 8.78. The van der Waals surface area contributed by atoms with E-state index in [1.165, 1.54) is 15.6 Å². The third kappa shape index (κ3) is 2.90. The van der Waals surface area contributed by atoms with Crippen LogP contribution < -0.4 is 5.32 Å². The molecule has 0 atom stereocenters. The van der Waals surface area contributed by atoms with Crippen molar-refractivity contribution in [1.82, 2.24) is 9.97 Å². The molecule has 0 fully saturated rings. The summed E-state index contributed by atoms with van der Waals surface area (Å²) in [7, 11) is 0. The van der Waals surface area contributed by atoms with Crippen molar-refractivity contribution in [3.63, 3.8) is 0 Å². The number of nitrogens with one attached hydrogen (secondary N) is 1. The summed E-state index contributed by atoms with van der Waals surface area (Å²) in [6, 6.07) is 0. The summed E-state index contributed by atoms with van der Waals surface area (Å²) < 4.78 is 0. The molecule has 0 saturated heterocycles. The van der Waals surface area contributed by atoms with Crippen molar-refractivity contribution in [1.29, 1.82) is 0 Å². The fraction of sp³-hybridized carbons (Fsp3) is 0.538. The summed E-state index contributed by atoms with van der Waals surface area (Å²) in [5, 5.41) is 7.62. The first-order valence-electron chi connectivity index (χ1n) is 6.46. The summed E-state index contributed by atoms with van der Waals surface area (Å²) in [6.45, 7) is 7.35. The van der Waals surface area contributed by atoms with Gasteiger partial charge in [-0.1, -0.05) is 13.8 Å². The minimum absolute atomic E-state index is 0.914. The number of aromatic nitrogens is 2. The second-order valence-electron chi connectivity index (χ2n) is 4.06. The lowest BCUT2D eigenvalue weighted by atomic mass is 10.2. The predicted molar refractivity (Wildman–Crippen MR) is 80.8 cm³/mol. The average molecular weight is 281 g/mol. The maximum Gasteiger partial charge on any atom is 0.183 e. The summed E-state index contributed by atoms with van der Waals surface area (Å²) in [5.74, 6) is 0. The molecule has 0 radical (unpaired) electrons. The van der Waals surface area contributed by atoms with Crippen LogP contribution in [0.3, 0.4) is 0 Å². The van der Waals surface area contributed by atoms with E-state index in [0.717, 1.165) is 36.6 Å². The van der Waals surface area contributed by atoms with Crippen molar-refractivity contribution in [3.8, 4) is 10.6 Å². The molecule has 0 aliphatic rings. The van der Waals surface area contributed by atoms with Gasteiger partial charge in [0.25, 0.3) is 0 Å². The Morgan fingerprint density at radius 3 is 2.72 bits per heavy atom. The molecular weight excluding hydrogens is 262 g/mol. The van der Waals surface area contributed by atoms with Crippen molar-refractivity contribution < 1.29 is 0 Å². The quantitative estimate of drug-likeness (QED) is 0.861.